The summed E-state index contributed by atoms with van der Waals surface area (Å²) in [7, 11) is 0. The third kappa shape index (κ3) is 3.51. The molecule has 1 aliphatic rings. The smallest absolute Gasteiger partial charge is 0.310 e. The lowest BCUT2D eigenvalue weighted by Gasteiger charge is -2.20. The average molecular weight is 289 g/mol. The summed E-state index contributed by atoms with van der Waals surface area (Å²) in [6.07, 6.45) is -2.37. The predicted octanol–water partition coefficient (Wildman–Crippen LogP) is 4.37. The van der Waals surface area contributed by atoms with Gasteiger partial charge in [-0.2, -0.15) is 13.2 Å². The maximum atomic E-state index is 13.3. The minimum atomic E-state index is -4.51. The van der Waals surface area contributed by atoms with Crippen molar-refractivity contribution in [3.63, 3.8) is 0 Å². The van der Waals surface area contributed by atoms with E-state index >= 15 is 0 Å². The first-order chi connectivity index (χ1) is 9.27. The van der Waals surface area contributed by atoms with Crippen LogP contribution in [0.3, 0.4) is 0 Å². The Morgan fingerprint density at radius 2 is 1.85 bits per heavy atom. The topological polar surface area (TPSA) is 12.0 Å². The summed E-state index contributed by atoms with van der Waals surface area (Å²) in [5.74, 6) is 0.265. The molecule has 2 rings (SSSR count). The molecule has 0 radical (unpaired) electrons. The molecule has 1 fully saturated rings. The molecule has 0 aliphatic heterocycles. The number of nitrogens with one attached hydrogen (secondary N) is 1. The van der Waals surface area contributed by atoms with Gasteiger partial charge < -0.3 is 5.32 Å². The van der Waals surface area contributed by atoms with E-state index in [-0.39, 0.29) is 6.54 Å². The normalized spacial score (nSPS) is 27.0. The van der Waals surface area contributed by atoms with E-state index in [0.717, 1.165) is 25.0 Å². The van der Waals surface area contributed by atoms with Crippen LogP contribution in [0.1, 0.15) is 37.8 Å². The van der Waals surface area contributed by atoms with E-state index in [2.05, 4.69) is 19.2 Å². The fourth-order valence-corrected chi connectivity index (χ4v) is 2.82. The van der Waals surface area contributed by atoms with Crippen LogP contribution < -0.4 is 5.32 Å². The van der Waals surface area contributed by atoms with Gasteiger partial charge in [0.2, 0.25) is 0 Å². The summed E-state index contributed by atoms with van der Waals surface area (Å²) < 4.78 is 51.1. The monoisotopic (exact) mass is 289 g/mol. The molecule has 0 aromatic heterocycles. The van der Waals surface area contributed by atoms with Crippen LogP contribution in [0.5, 0.6) is 0 Å². The van der Waals surface area contributed by atoms with Crippen molar-refractivity contribution in [3.05, 3.63) is 35.1 Å². The lowest BCUT2D eigenvalue weighted by Crippen LogP contribution is -2.32. The van der Waals surface area contributed by atoms with Crippen molar-refractivity contribution in [3.8, 4) is 0 Å². The fraction of sp³-hybridized carbons (Fsp3) is 0.600. The van der Waals surface area contributed by atoms with Crippen molar-refractivity contribution in [2.24, 2.45) is 11.8 Å². The third-order valence-electron chi connectivity index (χ3n) is 4.32. The summed E-state index contributed by atoms with van der Waals surface area (Å²) in [5.41, 5.74) is -0.591. The highest BCUT2D eigenvalue weighted by Crippen LogP contribution is 2.32. The number of alkyl halides is 3. The van der Waals surface area contributed by atoms with E-state index < -0.39 is 17.6 Å². The van der Waals surface area contributed by atoms with Crippen molar-refractivity contribution < 1.29 is 17.6 Å². The Hall–Kier alpha value is -1.10. The molecular weight excluding hydrogens is 270 g/mol. The molecule has 1 aliphatic carbocycles. The quantitative estimate of drug-likeness (QED) is 0.815. The number of benzene rings is 1. The van der Waals surface area contributed by atoms with Crippen molar-refractivity contribution in [2.75, 3.05) is 0 Å². The summed E-state index contributed by atoms with van der Waals surface area (Å²) in [6, 6.07) is 3.00. The number of rotatable bonds is 3. The van der Waals surface area contributed by atoms with Crippen LogP contribution >= 0.6 is 0 Å². The molecule has 0 saturated heterocycles. The van der Waals surface area contributed by atoms with E-state index in [1.807, 2.05) is 0 Å². The Labute approximate surface area is 116 Å². The van der Waals surface area contributed by atoms with Gasteiger partial charge in [-0.15, -0.1) is 0 Å². The summed E-state index contributed by atoms with van der Waals surface area (Å²) in [4.78, 5) is 0. The molecule has 3 atom stereocenters. The minimum Gasteiger partial charge on any atom is -0.310 e. The van der Waals surface area contributed by atoms with Crippen LogP contribution in [0.25, 0.3) is 0 Å². The van der Waals surface area contributed by atoms with Gasteiger partial charge in [-0.25, -0.2) is 4.39 Å². The van der Waals surface area contributed by atoms with Gasteiger partial charge in [-0.1, -0.05) is 13.8 Å². The highest BCUT2D eigenvalue weighted by molar-refractivity contribution is 5.26. The molecule has 1 aromatic carbocycles. The van der Waals surface area contributed by atoms with E-state index in [4.69, 9.17) is 0 Å². The minimum absolute atomic E-state index is 0.266. The lowest BCUT2D eigenvalue weighted by molar-refractivity contribution is -0.137. The molecular formula is C15H19F4N. The van der Waals surface area contributed by atoms with Crippen molar-refractivity contribution >= 4 is 0 Å². The van der Waals surface area contributed by atoms with Gasteiger partial charge in [0.15, 0.2) is 0 Å². The van der Waals surface area contributed by atoms with Crippen LogP contribution in [0.2, 0.25) is 0 Å². The second-order valence-corrected chi connectivity index (χ2v) is 5.75. The first kappa shape index (κ1) is 15.3. The zero-order valence-electron chi connectivity index (χ0n) is 11.6. The van der Waals surface area contributed by atoms with E-state index in [1.165, 1.54) is 0 Å². The van der Waals surface area contributed by atoms with Crippen LogP contribution in [-0.2, 0) is 12.7 Å². The zero-order chi connectivity index (χ0) is 14.9. The molecule has 0 bridgehead atoms. The maximum absolute atomic E-state index is 13.3. The summed E-state index contributed by atoms with van der Waals surface area (Å²) in [6.45, 7) is 4.58. The second kappa shape index (κ2) is 5.72. The Kier molecular flexibility index (Phi) is 4.37. The van der Waals surface area contributed by atoms with Crippen LogP contribution in [0, 0.1) is 17.7 Å². The molecule has 112 valence electrons. The summed E-state index contributed by atoms with van der Waals surface area (Å²) >= 11 is 0. The molecule has 5 heteroatoms. The van der Waals surface area contributed by atoms with E-state index in [9.17, 15) is 17.6 Å². The lowest BCUT2D eigenvalue weighted by atomic mass is 9.97. The van der Waals surface area contributed by atoms with Crippen molar-refractivity contribution in [1.82, 2.24) is 5.32 Å². The predicted molar refractivity (Wildman–Crippen MR) is 69.6 cm³/mol. The molecule has 1 saturated carbocycles. The van der Waals surface area contributed by atoms with Gasteiger partial charge in [0, 0.05) is 12.6 Å². The van der Waals surface area contributed by atoms with Crippen molar-refractivity contribution in [1.29, 1.82) is 0 Å². The van der Waals surface area contributed by atoms with Crippen LogP contribution in [0.15, 0.2) is 18.2 Å². The molecule has 20 heavy (non-hydrogen) atoms. The van der Waals surface area contributed by atoms with Gasteiger partial charge in [0.05, 0.1) is 5.56 Å². The highest BCUT2D eigenvalue weighted by Gasteiger charge is 2.32. The first-order valence-electron chi connectivity index (χ1n) is 6.87. The fourth-order valence-electron chi connectivity index (χ4n) is 2.82. The average Bonchev–Trinajstić information content (AvgIpc) is 2.66. The number of hydrogen-bond donors (Lipinski definition) is 1. The first-order valence-corrected chi connectivity index (χ1v) is 6.87. The molecule has 3 unspecified atom stereocenters. The maximum Gasteiger partial charge on any atom is 0.416 e. The number of hydrogen-bond acceptors (Lipinski definition) is 1. The van der Waals surface area contributed by atoms with E-state index in [0.29, 0.717) is 29.5 Å². The number of halogens is 4. The van der Waals surface area contributed by atoms with E-state index in [1.54, 1.807) is 0 Å². The van der Waals surface area contributed by atoms with Crippen LogP contribution in [-0.4, -0.2) is 6.04 Å². The molecule has 1 aromatic rings. The SMILES string of the molecule is CC1CCC(NCc2cc(F)cc(C(F)(F)F)c2)C1C. The molecule has 0 spiro atoms. The standard InChI is InChI=1S/C15H19F4N/c1-9-3-4-14(10(9)2)20-8-11-5-12(15(17,18)19)7-13(16)6-11/h5-7,9-10,14,20H,3-4,8H2,1-2H3. The largest absolute Gasteiger partial charge is 0.416 e. The van der Waals surface area contributed by atoms with Gasteiger partial charge >= 0.3 is 6.18 Å². The Balaban J connectivity index is 2.05. The molecule has 0 amide bonds. The van der Waals surface area contributed by atoms with Gasteiger partial charge in [0.25, 0.3) is 0 Å². The van der Waals surface area contributed by atoms with Gasteiger partial charge in [-0.3, -0.25) is 0 Å². The molecule has 1 nitrogen and oxygen atoms in total. The Morgan fingerprint density at radius 1 is 1.15 bits per heavy atom. The van der Waals surface area contributed by atoms with Gasteiger partial charge in [-0.05, 0) is 48.4 Å². The van der Waals surface area contributed by atoms with Crippen LogP contribution in [0.4, 0.5) is 17.6 Å². The highest BCUT2D eigenvalue weighted by atomic mass is 19.4. The van der Waals surface area contributed by atoms with Crippen molar-refractivity contribution in [2.45, 2.75) is 45.5 Å². The molecule has 1 N–H and O–H groups in total. The summed E-state index contributed by atoms with van der Waals surface area (Å²) in [5, 5.41) is 3.25. The Morgan fingerprint density at radius 3 is 2.40 bits per heavy atom. The second-order valence-electron chi connectivity index (χ2n) is 5.75. The Bertz CT molecular complexity index is 469. The molecule has 0 heterocycles. The zero-order valence-corrected chi connectivity index (χ0v) is 11.6. The third-order valence-corrected chi connectivity index (χ3v) is 4.32. The van der Waals surface area contributed by atoms with Gasteiger partial charge in [0.1, 0.15) is 5.82 Å².